The summed E-state index contributed by atoms with van der Waals surface area (Å²) in [4.78, 5) is 17.0. The number of hydrogen-bond acceptors (Lipinski definition) is 5. The van der Waals surface area contributed by atoms with E-state index in [2.05, 4.69) is 24.9 Å². The third-order valence-electron chi connectivity index (χ3n) is 4.76. The first kappa shape index (κ1) is 21.7. The number of aryl methyl sites for hydroxylation is 2. The summed E-state index contributed by atoms with van der Waals surface area (Å²) in [5.41, 5.74) is 7.80. The van der Waals surface area contributed by atoms with Crippen molar-refractivity contribution in [1.82, 2.24) is 9.55 Å². The van der Waals surface area contributed by atoms with Crippen molar-refractivity contribution in [3.8, 4) is 11.8 Å². The maximum atomic E-state index is 12.8. The van der Waals surface area contributed by atoms with Gasteiger partial charge in [-0.15, -0.1) is 12.4 Å². The van der Waals surface area contributed by atoms with Gasteiger partial charge in [-0.3, -0.25) is 9.78 Å². The minimum absolute atomic E-state index is 0. The number of hydrogen-bond donors (Lipinski definition) is 1. The zero-order chi connectivity index (χ0) is 19.7. The molecule has 0 unspecified atom stereocenters. The van der Waals surface area contributed by atoms with Gasteiger partial charge in [0.05, 0.1) is 22.2 Å². The second kappa shape index (κ2) is 8.59. The number of nitriles is 1. The van der Waals surface area contributed by atoms with Gasteiger partial charge >= 0.3 is 0 Å². The predicted octanol–water partition coefficient (Wildman–Crippen LogP) is 3.44. The Morgan fingerprint density at radius 1 is 1.32 bits per heavy atom. The Morgan fingerprint density at radius 2 is 2.04 bits per heavy atom. The average Bonchev–Trinajstić information content (AvgIpc) is 2.63. The minimum atomic E-state index is -0.115. The Kier molecular flexibility index (Phi) is 6.65. The van der Waals surface area contributed by atoms with Crippen LogP contribution in [0.15, 0.2) is 29.2 Å². The highest BCUT2D eigenvalue weighted by atomic mass is 35.5. The lowest BCUT2D eigenvalue weighted by Crippen LogP contribution is -2.29. The lowest BCUT2D eigenvalue weighted by atomic mass is 10.0. The van der Waals surface area contributed by atoms with Crippen LogP contribution >= 0.6 is 12.4 Å². The van der Waals surface area contributed by atoms with Gasteiger partial charge in [0.25, 0.3) is 5.56 Å². The fourth-order valence-corrected chi connectivity index (χ4v) is 3.48. The summed E-state index contributed by atoms with van der Waals surface area (Å²) in [7, 11) is 1.72. The Morgan fingerprint density at radius 3 is 2.68 bits per heavy atom. The zero-order valence-corrected chi connectivity index (χ0v) is 17.3. The van der Waals surface area contributed by atoms with E-state index in [4.69, 9.17) is 10.5 Å². The average molecular weight is 401 g/mol. The molecule has 0 spiro atoms. The lowest BCUT2D eigenvalue weighted by Gasteiger charge is -2.17. The molecule has 28 heavy (non-hydrogen) atoms. The third kappa shape index (κ3) is 3.96. The van der Waals surface area contributed by atoms with Crippen LogP contribution in [0, 0.1) is 24.2 Å². The molecule has 0 radical (unpaired) electrons. The van der Waals surface area contributed by atoms with Gasteiger partial charge < -0.3 is 15.0 Å². The van der Waals surface area contributed by atoms with E-state index in [0.717, 1.165) is 17.2 Å². The quantitative estimate of drug-likeness (QED) is 0.662. The SMILES string of the molecule is Cc1nccc2c1c(=O)n(C)c1cc(OC[C@@H](N)CC(C)C)c(C#N)cc21.Cl. The van der Waals surface area contributed by atoms with Crippen molar-refractivity contribution in [2.75, 3.05) is 6.61 Å². The molecule has 0 aliphatic heterocycles. The van der Waals surface area contributed by atoms with E-state index in [1.165, 1.54) is 0 Å². The summed E-state index contributed by atoms with van der Waals surface area (Å²) < 4.78 is 7.43. The van der Waals surface area contributed by atoms with E-state index < -0.39 is 0 Å². The molecule has 0 aliphatic rings. The summed E-state index contributed by atoms with van der Waals surface area (Å²) in [5.74, 6) is 0.920. The number of aromatic nitrogens is 2. The van der Waals surface area contributed by atoms with E-state index in [9.17, 15) is 10.1 Å². The number of nitrogens with zero attached hydrogens (tertiary/aromatic N) is 3. The number of halogens is 1. The number of pyridine rings is 2. The number of fused-ring (bicyclic) bond motifs is 3. The highest BCUT2D eigenvalue weighted by Gasteiger charge is 2.16. The van der Waals surface area contributed by atoms with Crippen LogP contribution in [0.25, 0.3) is 21.7 Å². The molecular formula is C21H25ClN4O2. The molecule has 2 heterocycles. The molecule has 0 saturated carbocycles. The summed E-state index contributed by atoms with van der Waals surface area (Å²) >= 11 is 0. The van der Waals surface area contributed by atoms with Crippen LogP contribution in [-0.4, -0.2) is 22.2 Å². The molecule has 0 bridgehead atoms. The number of benzene rings is 1. The molecule has 1 aromatic carbocycles. The van der Waals surface area contributed by atoms with Gasteiger partial charge in [-0.2, -0.15) is 5.26 Å². The maximum Gasteiger partial charge on any atom is 0.260 e. The molecule has 0 amide bonds. The largest absolute Gasteiger partial charge is 0.491 e. The standard InChI is InChI=1S/C21H24N4O2.ClH/c1-12(2)7-15(23)11-27-19-9-18-17(8-14(19)10-22)16-5-6-24-13(3)20(16)21(26)25(18)4;/h5-6,8-9,12,15H,7,11,23H2,1-4H3;1H/t15-;/m0./s1. The van der Waals surface area contributed by atoms with E-state index in [-0.39, 0.29) is 24.0 Å². The van der Waals surface area contributed by atoms with Crippen molar-refractivity contribution >= 4 is 34.1 Å². The molecular weight excluding hydrogens is 376 g/mol. The molecule has 0 fully saturated rings. The summed E-state index contributed by atoms with van der Waals surface area (Å²) in [6.45, 7) is 6.35. The monoisotopic (exact) mass is 400 g/mol. The zero-order valence-electron chi connectivity index (χ0n) is 16.5. The second-order valence-electron chi connectivity index (χ2n) is 7.36. The molecule has 1 atom stereocenters. The van der Waals surface area contributed by atoms with Crippen molar-refractivity contribution in [1.29, 1.82) is 5.26 Å². The van der Waals surface area contributed by atoms with Crippen LogP contribution in [0.2, 0.25) is 0 Å². The van der Waals surface area contributed by atoms with Crippen LogP contribution in [0.1, 0.15) is 31.5 Å². The summed E-state index contributed by atoms with van der Waals surface area (Å²) in [6.07, 6.45) is 2.52. The van der Waals surface area contributed by atoms with Gasteiger partial charge in [-0.1, -0.05) is 13.8 Å². The van der Waals surface area contributed by atoms with E-state index in [1.54, 1.807) is 29.9 Å². The van der Waals surface area contributed by atoms with Gasteiger partial charge in [0.2, 0.25) is 0 Å². The lowest BCUT2D eigenvalue weighted by molar-refractivity contribution is 0.270. The van der Waals surface area contributed by atoms with Crippen molar-refractivity contribution in [2.45, 2.75) is 33.2 Å². The molecule has 7 heteroatoms. The second-order valence-corrected chi connectivity index (χ2v) is 7.36. The maximum absolute atomic E-state index is 12.8. The highest BCUT2D eigenvalue weighted by molar-refractivity contribution is 6.07. The Hall–Kier alpha value is -2.62. The first-order valence-electron chi connectivity index (χ1n) is 9.04. The van der Waals surface area contributed by atoms with E-state index in [0.29, 0.717) is 40.4 Å². The molecule has 148 valence electrons. The smallest absolute Gasteiger partial charge is 0.260 e. The van der Waals surface area contributed by atoms with Gasteiger partial charge in [-0.25, -0.2) is 0 Å². The molecule has 2 aromatic heterocycles. The van der Waals surface area contributed by atoms with Crippen LogP contribution in [0.4, 0.5) is 0 Å². The molecule has 0 saturated heterocycles. The number of rotatable bonds is 5. The fraction of sp³-hybridized carbons (Fsp3) is 0.381. The summed E-state index contributed by atoms with van der Waals surface area (Å²) in [6, 6.07) is 7.43. The Balaban J connectivity index is 0.00000280. The van der Waals surface area contributed by atoms with Gasteiger partial charge in [0.15, 0.2) is 0 Å². The predicted molar refractivity (Wildman–Crippen MR) is 114 cm³/mol. The van der Waals surface area contributed by atoms with Crippen molar-refractivity contribution < 1.29 is 4.74 Å². The first-order valence-corrected chi connectivity index (χ1v) is 9.04. The van der Waals surface area contributed by atoms with Crippen molar-refractivity contribution in [2.24, 2.45) is 18.7 Å². The van der Waals surface area contributed by atoms with Crippen LogP contribution < -0.4 is 16.0 Å². The Labute approximate surface area is 170 Å². The van der Waals surface area contributed by atoms with Gasteiger partial charge in [0.1, 0.15) is 18.4 Å². The normalized spacial score (nSPS) is 12.0. The van der Waals surface area contributed by atoms with Crippen molar-refractivity contribution in [3.63, 3.8) is 0 Å². The first-order chi connectivity index (χ1) is 12.8. The van der Waals surface area contributed by atoms with Crippen LogP contribution in [0.5, 0.6) is 5.75 Å². The van der Waals surface area contributed by atoms with Crippen LogP contribution in [0.3, 0.4) is 0 Å². The molecule has 3 aromatic rings. The third-order valence-corrected chi connectivity index (χ3v) is 4.76. The number of ether oxygens (including phenoxy) is 1. The molecule has 2 N–H and O–H groups in total. The highest BCUT2D eigenvalue weighted by Crippen LogP contribution is 2.30. The minimum Gasteiger partial charge on any atom is -0.491 e. The molecule has 0 aliphatic carbocycles. The molecule has 3 rings (SSSR count). The molecule has 6 nitrogen and oxygen atoms in total. The van der Waals surface area contributed by atoms with Gasteiger partial charge in [-0.05, 0) is 36.8 Å². The van der Waals surface area contributed by atoms with E-state index >= 15 is 0 Å². The summed E-state index contributed by atoms with van der Waals surface area (Å²) in [5, 5.41) is 11.8. The fourth-order valence-electron chi connectivity index (χ4n) is 3.48. The Bertz CT molecular complexity index is 1120. The van der Waals surface area contributed by atoms with Crippen LogP contribution in [-0.2, 0) is 7.05 Å². The van der Waals surface area contributed by atoms with E-state index in [1.807, 2.05) is 13.0 Å². The van der Waals surface area contributed by atoms with Crippen molar-refractivity contribution in [3.05, 3.63) is 46.0 Å². The van der Waals surface area contributed by atoms with Gasteiger partial charge in [0, 0.05) is 30.7 Å². The topological polar surface area (TPSA) is 93.9 Å². The number of nitrogens with two attached hydrogens (primary N) is 1.